The second kappa shape index (κ2) is 5.25. The van der Waals surface area contributed by atoms with Gasteiger partial charge in [-0.25, -0.2) is 4.39 Å². The van der Waals surface area contributed by atoms with Gasteiger partial charge < -0.3 is 10.4 Å². The third-order valence-electron chi connectivity index (χ3n) is 2.79. The Morgan fingerprint density at radius 2 is 2.12 bits per heavy atom. The van der Waals surface area contributed by atoms with Crippen molar-refractivity contribution in [3.8, 4) is 0 Å². The minimum absolute atomic E-state index is 0.247. The largest absolute Gasteiger partial charge is 0.392 e. The molecule has 0 fully saturated rings. The minimum atomic E-state index is -0.494. The van der Waals surface area contributed by atoms with E-state index in [2.05, 4.69) is 21.2 Å². The van der Waals surface area contributed by atoms with Gasteiger partial charge in [-0.2, -0.15) is 0 Å². The summed E-state index contributed by atoms with van der Waals surface area (Å²) in [4.78, 5) is 0. The van der Waals surface area contributed by atoms with Crippen LogP contribution in [0.2, 0.25) is 0 Å². The first-order valence-corrected chi connectivity index (χ1v) is 5.99. The van der Waals surface area contributed by atoms with E-state index in [1.807, 2.05) is 13.8 Å². The molecule has 0 heterocycles. The number of hydrogen-bond donors (Lipinski definition) is 2. The predicted molar refractivity (Wildman–Crippen MR) is 66.7 cm³/mol. The van der Waals surface area contributed by atoms with Crippen molar-refractivity contribution in [3.63, 3.8) is 0 Å². The third-order valence-corrected chi connectivity index (χ3v) is 3.29. The summed E-state index contributed by atoms with van der Waals surface area (Å²) in [6.07, 6.45) is -0.494. The van der Waals surface area contributed by atoms with Crippen molar-refractivity contribution < 1.29 is 9.50 Å². The summed E-state index contributed by atoms with van der Waals surface area (Å²) in [6, 6.07) is 4.96. The first-order chi connectivity index (χ1) is 7.33. The average Bonchev–Trinajstić information content (AvgIpc) is 2.16. The van der Waals surface area contributed by atoms with Crippen LogP contribution in [0.1, 0.15) is 26.3 Å². The van der Waals surface area contributed by atoms with Crippen LogP contribution in [0.3, 0.4) is 0 Å². The Hall–Kier alpha value is -0.450. The smallest absolute Gasteiger partial charge is 0.128 e. The van der Waals surface area contributed by atoms with Crippen molar-refractivity contribution in [2.45, 2.75) is 39.0 Å². The number of benzene rings is 1. The monoisotopic (exact) mass is 289 g/mol. The van der Waals surface area contributed by atoms with Gasteiger partial charge in [0.1, 0.15) is 5.82 Å². The molecule has 0 aliphatic heterocycles. The molecule has 0 aliphatic rings. The predicted octanol–water partition coefficient (Wildman–Crippen LogP) is 2.84. The molecule has 1 aromatic rings. The molecule has 0 aromatic heterocycles. The Balaban J connectivity index is 2.68. The Morgan fingerprint density at radius 3 is 2.62 bits per heavy atom. The fourth-order valence-corrected chi connectivity index (χ4v) is 1.47. The van der Waals surface area contributed by atoms with Crippen LogP contribution in [0, 0.1) is 5.82 Å². The van der Waals surface area contributed by atoms with E-state index in [9.17, 15) is 9.50 Å². The number of halogens is 2. The van der Waals surface area contributed by atoms with Crippen LogP contribution in [-0.4, -0.2) is 16.7 Å². The first kappa shape index (κ1) is 13.6. The molecule has 1 unspecified atom stereocenters. The van der Waals surface area contributed by atoms with E-state index in [0.29, 0.717) is 12.1 Å². The fourth-order valence-electron chi connectivity index (χ4n) is 1.14. The highest BCUT2D eigenvalue weighted by molar-refractivity contribution is 9.10. The molecular formula is C12H17BrFNO. The van der Waals surface area contributed by atoms with Crippen LogP contribution in [0.5, 0.6) is 0 Å². The van der Waals surface area contributed by atoms with Crippen LogP contribution in [-0.2, 0) is 6.54 Å². The van der Waals surface area contributed by atoms with E-state index >= 15 is 0 Å². The summed E-state index contributed by atoms with van der Waals surface area (Å²) >= 11 is 3.21. The molecule has 1 rings (SSSR count). The summed E-state index contributed by atoms with van der Waals surface area (Å²) in [6.45, 7) is 5.88. The summed E-state index contributed by atoms with van der Waals surface area (Å²) < 4.78 is 14.2. The van der Waals surface area contributed by atoms with Gasteiger partial charge in [0.2, 0.25) is 0 Å². The lowest BCUT2D eigenvalue weighted by molar-refractivity contribution is 0.0954. The quantitative estimate of drug-likeness (QED) is 0.893. The zero-order valence-electron chi connectivity index (χ0n) is 9.72. The molecule has 1 aromatic carbocycles. The molecule has 2 N–H and O–H groups in total. The second-order valence-electron chi connectivity index (χ2n) is 4.49. The molecule has 90 valence electrons. The average molecular weight is 290 g/mol. The number of rotatable bonds is 4. The van der Waals surface area contributed by atoms with E-state index < -0.39 is 11.6 Å². The third kappa shape index (κ3) is 3.54. The van der Waals surface area contributed by atoms with Crippen molar-refractivity contribution in [1.29, 1.82) is 0 Å². The second-order valence-corrected chi connectivity index (χ2v) is 5.40. The summed E-state index contributed by atoms with van der Waals surface area (Å²) in [5, 5.41) is 12.6. The molecule has 0 saturated heterocycles. The molecular weight excluding hydrogens is 273 g/mol. The highest BCUT2D eigenvalue weighted by atomic mass is 79.9. The highest BCUT2D eigenvalue weighted by Crippen LogP contribution is 2.16. The lowest BCUT2D eigenvalue weighted by Gasteiger charge is -2.29. The van der Waals surface area contributed by atoms with Crippen LogP contribution in [0.25, 0.3) is 0 Å². The van der Waals surface area contributed by atoms with Gasteiger partial charge in [-0.1, -0.05) is 22.0 Å². The Labute approximate surface area is 104 Å². The van der Waals surface area contributed by atoms with Crippen molar-refractivity contribution in [3.05, 3.63) is 34.1 Å². The molecule has 0 aliphatic carbocycles. The number of hydrogen-bond acceptors (Lipinski definition) is 2. The van der Waals surface area contributed by atoms with Gasteiger partial charge in [0.05, 0.1) is 6.10 Å². The van der Waals surface area contributed by atoms with Crippen LogP contribution in [0.15, 0.2) is 22.7 Å². The molecule has 0 radical (unpaired) electrons. The summed E-state index contributed by atoms with van der Waals surface area (Å²) in [5.41, 5.74) is 0.163. The lowest BCUT2D eigenvalue weighted by Crippen LogP contribution is -2.47. The van der Waals surface area contributed by atoms with E-state index in [1.54, 1.807) is 19.1 Å². The number of aliphatic hydroxyl groups excluding tert-OH is 1. The maximum atomic E-state index is 13.5. The molecule has 0 amide bonds. The molecule has 2 nitrogen and oxygen atoms in total. The van der Waals surface area contributed by atoms with E-state index in [-0.39, 0.29) is 5.82 Å². The van der Waals surface area contributed by atoms with Gasteiger partial charge in [-0.05, 0) is 32.9 Å². The van der Waals surface area contributed by atoms with Gasteiger partial charge in [-0.3, -0.25) is 0 Å². The Bertz CT molecular complexity index is 366. The van der Waals surface area contributed by atoms with Crippen LogP contribution in [0.4, 0.5) is 4.39 Å². The standard InChI is InChI=1S/C12H17BrFNO/c1-8(16)12(2,3)15-7-9-4-5-10(13)6-11(9)14/h4-6,8,15-16H,7H2,1-3H3. The lowest BCUT2D eigenvalue weighted by atomic mass is 9.98. The van der Waals surface area contributed by atoms with E-state index in [0.717, 1.165) is 4.47 Å². The summed E-state index contributed by atoms with van der Waals surface area (Å²) in [7, 11) is 0. The normalized spacial score (nSPS) is 13.9. The van der Waals surface area contributed by atoms with Gasteiger partial charge in [-0.15, -0.1) is 0 Å². The zero-order valence-corrected chi connectivity index (χ0v) is 11.3. The molecule has 0 spiro atoms. The first-order valence-electron chi connectivity index (χ1n) is 5.20. The zero-order chi connectivity index (χ0) is 12.3. The van der Waals surface area contributed by atoms with Gasteiger partial charge in [0.15, 0.2) is 0 Å². The molecule has 0 saturated carbocycles. The molecule has 4 heteroatoms. The van der Waals surface area contributed by atoms with Gasteiger partial charge in [0.25, 0.3) is 0 Å². The number of nitrogens with one attached hydrogen (secondary N) is 1. The molecule has 1 atom stereocenters. The fraction of sp³-hybridized carbons (Fsp3) is 0.500. The van der Waals surface area contributed by atoms with E-state index in [1.165, 1.54) is 6.07 Å². The van der Waals surface area contributed by atoms with Crippen LogP contribution < -0.4 is 5.32 Å². The van der Waals surface area contributed by atoms with Crippen molar-refractivity contribution in [2.75, 3.05) is 0 Å². The SMILES string of the molecule is CC(O)C(C)(C)NCc1ccc(Br)cc1F. The topological polar surface area (TPSA) is 32.3 Å². The van der Waals surface area contributed by atoms with Crippen molar-refractivity contribution >= 4 is 15.9 Å². The van der Waals surface area contributed by atoms with Crippen molar-refractivity contribution in [2.24, 2.45) is 0 Å². The highest BCUT2D eigenvalue weighted by Gasteiger charge is 2.23. The maximum absolute atomic E-state index is 13.5. The molecule has 16 heavy (non-hydrogen) atoms. The number of aliphatic hydroxyl groups is 1. The minimum Gasteiger partial charge on any atom is -0.392 e. The Morgan fingerprint density at radius 1 is 1.50 bits per heavy atom. The Kier molecular flexibility index (Phi) is 4.47. The van der Waals surface area contributed by atoms with Gasteiger partial charge in [0, 0.05) is 22.1 Å². The maximum Gasteiger partial charge on any atom is 0.128 e. The van der Waals surface area contributed by atoms with Crippen molar-refractivity contribution in [1.82, 2.24) is 5.32 Å². The molecule has 0 bridgehead atoms. The summed E-state index contributed by atoms with van der Waals surface area (Å²) in [5.74, 6) is -0.247. The van der Waals surface area contributed by atoms with Gasteiger partial charge >= 0.3 is 0 Å². The van der Waals surface area contributed by atoms with E-state index in [4.69, 9.17) is 0 Å². The van der Waals surface area contributed by atoms with Crippen LogP contribution >= 0.6 is 15.9 Å².